The highest BCUT2D eigenvalue weighted by Gasteiger charge is 2.43. The van der Waals surface area contributed by atoms with Crippen molar-refractivity contribution in [3.8, 4) is 0 Å². The molecule has 0 aliphatic rings. The molecule has 0 aliphatic carbocycles. The Balaban J connectivity index is 3.04. The van der Waals surface area contributed by atoms with Gasteiger partial charge in [-0.3, -0.25) is 4.79 Å². The Bertz CT molecular complexity index is 428. The van der Waals surface area contributed by atoms with Gasteiger partial charge in [0, 0.05) is 12.2 Å². The van der Waals surface area contributed by atoms with Crippen LogP contribution in [-0.2, 0) is 14.3 Å². The van der Waals surface area contributed by atoms with E-state index in [2.05, 4.69) is 4.74 Å². The van der Waals surface area contributed by atoms with Crippen molar-refractivity contribution in [1.82, 2.24) is 0 Å². The Labute approximate surface area is 106 Å². The van der Waals surface area contributed by atoms with Gasteiger partial charge in [-0.2, -0.15) is 0 Å². The largest absolute Gasteiger partial charge is 0.466 e. The molecule has 0 fully saturated rings. The van der Waals surface area contributed by atoms with Gasteiger partial charge in [0.15, 0.2) is 0 Å². The lowest BCUT2D eigenvalue weighted by Gasteiger charge is -2.28. The zero-order valence-corrected chi connectivity index (χ0v) is 10.7. The summed E-state index contributed by atoms with van der Waals surface area (Å²) in [6.45, 7) is 3.24. The minimum atomic E-state index is -2.18. The highest BCUT2D eigenvalue weighted by molar-refractivity contribution is 6.12. The Morgan fingerprint density at radius 2 is 1.89 bits per heavy atom. The number of ether oxygens (including phenoxy) is 1. The number of anilines is 1. The molecule has 1 unspecified atom stereocenters. The minimum Gasteiger partial charge on any atom is -0.466 e. The van der Waals surface area contributed by atoms with Crippen LogP contribution in [-0.4, -0.2) is 36.2 Å². The predicted molar refractivity (Wildman–Crippen MR) is 67.1 cm³/mol. The van der Waals surface area contributed by atoms with E-state index >= 15 is 0 Å². The molecule has 1 aromatic rings. The molecule has 1 amide bonds. The highest BCUT2D eigenvalue weighted by Crippen LogP contribution is 2.19. The van der Waals surface area contributed by atoms with Crippen LogP contribution >= 0.6 is 0 Å². The Morgan fingerprint density at radius 1 is 1.33 bits per heavy atom. The van der Waals surface area contributed by atoms with Gasteiger partial charge in [-0.25, -0.2) is 4.79 Å². The number of esters is 1. The first-order chi connectivity index (χ1) is 8.45. The Hall–Kier alpha value is -1.88. The molecule has 1 atom stereocenters. The first-order valence-electron chi connectivity index (χ1n) is 5.63. The van der Waals surface area contributed by atoms with E-state index in [9.17, 15) is 14.7 Å². The molecule has 5 heteroatoms. The first kappa shape index (κ1) is 14.2. The molecule has 1 aromatic carbocycles. The molecule has 0 bridgehead atoms. The molecule has 5 nitrogen and oxygen atoms in total. The average Bonchev–Trinajstić information content (AvgIpc) is 2.39. The molecule has 0 aliphatic heterocycles. The summed E-state index contributed by atoms with van der Waals surface area (Å²) < 4.78 is 4.43. The summed E-state index contributed by atoms with van der Waals surface area (Å²) in [6, 6.07) is 8.83. The maximum absolute atomic E-state index is 12.2. The van der Waals surface area contributed by atoms with Crippen LogP contribution in [0.1, 0.15) is 13.8 Å². The van der Waals surface area contributed by atoms with E-state index in [1.165, 1.54) is 4.90 Å². The molecular weight excluding hydrogens is 234 g/mol. The van der Waals surface area contributed by atoms with Gasteiger partial charge in [-0.05, 0) is 26.0 Å². The predicted octanol–water partition coefficient (Wildman–Crippen LogP) is 0.963. The van der Waals surface area contributed by atoms with Crippen molar-refractivity contribution >= 4 is 17.6 Å². The molecule has 98 valence electrons. The third kappa shape index (κ3) is 2.68. The van der Waals surface area contributed by atoms with E-state index in [-0.39, 0.29) is 0 Å². The van der Waals surface area contributed by atoms with Crippen LogP contribution in [0.25, 0.3) is 0 Å². The summed E-state index contributed by atoms with van der Waals surface area (Å²) in [5, 5.41) is 9.95. The first-order valence-corrected chi connectivity index (χ1v) is 5.63. The van der Waals surface area contributed by atoms with Crippen molar-refractivity contribution in [2.75, 3.05) is 18.6 Å². The van der Waals surface area contributed by atoms with Gasteiger partial charge in [0.05, 0.1) is 7.11 Å². The van der Waals surface area contributed by atoms with Gasteiger partial charge in [0.1, 0.15) is 0 Å². The standard InChI is InChI=1S/C13H17NO4/c1-4-14(10-8-6-5-7-9-10)11(15)13(2,17)12(16)18-3/h5-9,17H,4H2,1-3H3. The van der Waals surface area contributed by atoms with Crippen LogP contribution in [0.15, 0.2) is 30.3 Å². The number of likely N-dealkylation sites (N-methyl/N-ethyl adjacent to an activating group) is 1. The molecular formula is C13H17NO4. The Kier molecular flexibility index (Phi) is 4.44. The van der Waals surface area contributed by atoms with E-state index in [1.54, 1.807) is 31.2 Å². The molecule has 1 rings (SSSR count). The molecule has 0 heterocycles. The van der Waals surface area contributed by atoms with Crippen LogP contribution < -0.4 is 4.90 Å². The number of amides is 1. The van der Waals surface area contributed by atoms with Crippen molar-refractivity contribution in [1.29, 1.82) is 0 Å². The number of hydrogen-bond donors (Lipinski definition) is 1. The summed E-state index contributed by atoms with van der Waals surface area (Å²) in [6.07, 6.45) is 0. The van der Waals surface area contributed by atoms with Crippen LogP contribution in [0.2, 0.25) is 0 Å². The molecule has 0 aromatic heterocycles. The molecule has 1 N–H and O–H groups in total. The topological polar surface area (TPSA) is 66.8 Å². The maximum atomic E-state index is 12.2. The van der Waals surface area contributed by atoms with Crippen molar-refractivity contribution in [3.63, 3.8) is 0 Å². The number of carbonyl (C=O) groups excluding carboxylic acids is 2. The summed E-state index contributed by atoms with van der Waals surface area (Å²) in [4.78, 5) is 24.9. The van der Waals surface area contributed by atoms with E-state index in [0.29, 0.717) is 12.2 Å². The van der Waals surface area contributed by atoms with Crippen LogP contribution in [0.3, 0.4) is 0 Å². The highest BCUT2D eigenvalue weighted by atomic mass is 16.5. The SMILES string of the molecule is CCN(C(=O)C(C)(O)C(=O)OC)c1ccccc1. The normalized spacial score (nSPS) is 13.6. The smallest absolute Gasteiger partial charge is 0.347 e. The summed E-state index contributed by atoms with van der Waals surface area (Å²) in [5.41, 5.74) is -1.56. The van der Waals surface area contributed by atoms with Crippen molar-refractivity contribution in [2.24, 2.45) is 0 Å². The zero-order valence-electron chi connectivity index (χ0n) is 10.7. The summed E-state index contributed by atoms with van der Waals surface area (Å²) >= 11 is 0. The fourth-order valence-electron chi connectivity index (χ4n) is 1.60. The van der Waals surface area contributed by atoms with E-state index in [1.807, 2.05) is 6.07 Å². The second kappa shape index (κ2) is 5.64. The number of para-hydroxylation sites is 1. The number of nitrogens with zero attached hydrogens (tertiary/aromatic N) is 1. The monoisotopic (exact) mass is 251 g/mol. The van der Waals surface area contributed by atoms with Gasteiger partial charge < -0.3 is 14.7 Å². The Morgan fingerprint density at radius 3 is 2.33 bits per heavy atom. The number of methoxy groups -OCH3 is 1. The molecule has 0 saturated heterocycles. The molecule has 18 heavy (non-hydrogen) atoms. The van der Waals surface area contributed by atoms with Gasteiger partial charge in [0.25, 0.3) is 5.91 Å². The van der Waals surface area contributed by atoms with Crippen LogP contribution in [0.5, 0.6) is 0 Å². The van der Waals surface area contributed by atoms with Gasteiger partial charge in [0.2, 0.25) is 5.60 Å². The van der Waals surface area contributed by atoms with Crippen LogP contribution in [0.4, 0.5) is 5.69 Å². The summed E-state index contributed by atoms with van der Waals surface area (Å²) in [7, 11) is 1.13. The maximum Gasteiger partial charge on any atom is 0.347 e. The fourth-order valence-corrected chi connectivity index (χ4v) is 1.60. The summed E-state index contributed by atoms with van der Waals surface area (Å²) in [5.74, 6) is -1.68. The van der Waals surface area contributed by atoms with Gasteiger partial charge in [-0.1, -0.05) is 18.2 Å². The quantitative estimate of drug-likeness (QED) is 0.639. The second-order valence-electron chi connectivity index (χ2n) is 3.95. The molecule has 0 spiro atoms. The van der Waals surface area contributed by atoms with E-state index in [0.717, 1.165) is 14.0 Å². The van der Waals surface area contributed by atoms with Crippen molar-refractivity contribution < 1.29 is 19.4 Å². The number of hydrogen-bond acceptors (Lipinski definition) is 4. The van der Waals surface area contributed by atoms with Crippen molar-refractivity contribution in [3.05, 3.63) is 30.3 Å². The van der Waals surface area contributed by atoms with Crippen LogP contribution in [0, 0.1) is 0 Å². The third-order valence-electron chi connectivity index (χ3n) is 2.63. The number of carbonyl (C=O) groups is 2. The number of benzene rings is 1. The van der Waals surface area contributed by atoms with Gasteiger partial charge in [-0.15, -0.1) is 0 Å². The lowest BCUT2D eigenvalue weighted by atomic mass is 10.1. The van der Waals surface area contributed by atoms with Gasteiger partial charge >= 0.3 is 5.97 Å². The molecule has 0 radical (unpaired) electrons. The second-order valence-corrected chi connectivity index (χ2v) is 3.95. The number of aliphatic hydroxyl groups is 1. The van der Waals surface area contributed by atoms with E-state index < -0.39 is 17.5 Å². The average molecular weight is 251 g/mol. The van der Waals surface area contributed by atoms with Crippen molar-refractivity contribution in [2.45, 2.75) is 19.4 Å². The molecule has 0 saturated carbocycles. The minimum absolute atomic E-state index is 0.343. The third-order valence-corrected chi connectivity index (χ3v) is 2.63. The fraction of sp³-hybridized carbons (Fsp3) is 0.385. The van der Waals surface area contributed by atoms with E-state index in [4.69, 9.17) is 0 Å². The lowest BCUT2D eigenvalue weighted by molar-refractivity contribution is -0.166. The lowest BCUT2D eigenvalue weighted by Crippen LogP contribution is -2.53. The number of rotatable bonds is 4. The zero-order chi connectivity index (χ0) is 13.8.